The second-order valence-electron chi connectivity index (χ2n) is 2.77. The highest BCUT2D eigenvalue weighted by Gasteiger charge is 2.30. The molecular formula is C6H12N2. The molecule has 2 N–H and O–H groups in total. The molecule has 2 heteroatoms. The van der Waals surface area contributed by atoms with Crippen LogP contribution in [-0.4, -0.2) is 25.7 Å². The molecule has 0 saturated carbocycles. The smallest absolute Gasteiger partial charge is 0.0233 e. The van der Waals surface area contributed by atoms with E-state index in [1.165, 1.54) is 26.1 Å². The number of nitrogens with one attached hydrogen (secondary N) is 2. The maximum Gasteiger partial charge on any atom is 0.0233 e. The van der Waals surface area contributed by atoms with Crippen LogP contribution in [0.5, 0.6) is 0 Å². The summed E-state index contributed by atoms with van der Waals surface area (Å²) in [7, 11) is 0. The molecule has 2 saturated heterocycles. The first-order chi connectivity index (χ1) is 3.97. The molecule has 2 aliphatic rings. The normalized spacial score (nSPS) is 45.0. The molecule has 0 radical (unpaired) electrons. The van der Waals surface area contributed by atoms with E-state index >= 15 is 0 Å². The van der Waals surface area contributed by atoms with Crippen molar-refractivity contribution in [2.75, 3.05) is 19.6 Å². The van der Waals surface area contributed by atoms with E-state index in [-0.39, 0.29) is 0 Å². The van der Waals surface area contributed by atoms with Crippen LogP contribution in [0.4, 0.5) is 0 Å². The van der Waals surface area contributed by atoms with Gasteiger partial charge in [-0.3, -0.25) is 0 Å². The minimum absolute atomic E-state index is 0.815. The van der Waals surface area contributed by atoms with Gasteiger partial charge in [0.25, 0.3) is 0 Å². The lowest BCUT2D eigenvalue weighted by molar-refractivity contribution is 0.555. The van der Waals surface area contributed by atoms with E-state index < -0.39 is 0 Å². The molecule has 0 bridgehead atoms. The summed E-state index contributed by atoms with van der Waals surface area (Å²) in [6.07, 6.45) is 1.39. The van der Waals surface area contributed by atoms with Crippen molar-refractivity contribution < 1.29 is 0 Å². The van der Waals surface area contributed by atoms with E-state index in [1.54, 1.807) is 0 Å². The van der Waals surface area contributed by atoms with Crippen molar-refractivity contribution in [3.8, 4) is 0 Å². The van der Waals surface area contributed by atoms with E-state index in [0.717, 1.165) is 12.0 Å². The van der Waals surface area contributed by atoms with Gasteiger partial charge >= 0.3 is 0 Å². The zero-order valence-corrected chi connectivity index (χ0v) is 4.98. The molecule has 2 nitrogen and oxygen atoms in total. The Morgan fingerprint density at radius 2 is 2.25 bits per heavy atom. The van der Waals surface area contributed by atoms with Crippen LogP contribution in [0.25, 0.3) is 0 Å². The Balaban J connectivity index is 2.04. The zero-order chi connectivity index (χ0) is 5.40. The molecule has 2 fully saturated rings. The van der Waals surface area contributed by atoms with Crippen LogP contribution in [0.15, 0.2) is 0 Å². The van der Waals surface area contributed by atoms with Gasteiger partial charge < -0.3 is 10.6 Å². The predicted octanol–water partition coefficient (Wildman–Crippen LogP) is -0.432. The van der Waals surface area contributed by atoms with E-state index in [1.807, 2.05) is 0 Å². The highest BCUT2D eigenvalue weighted by atomic mass is 15.1. The van der Waals surface area contributed by atoms with Gasteiger partial charge in [-0.2, -0.15) is 0 Å². The van der Waals surface area contributed by atoms with Gasteiger partial charge in [-0.15, -0.1) is 0 Å². The molecule has 0 aromatic heterocycles. The summed E-state index contributed by atoms with van der Waals surface area (Å²) in [5, 5.41) is 6.82. The average molecular weight is 112 g/mol. The number of fused-ring (bicyclic) bond motifs is 1. The topological polar surface area (TPSA) is 24.1 Å². The molecule has 0 unspecified atom stereocenters. The van der Waals surface area contributed by atoms with Crippen molar-refractivity contribution in [1.82, 2.24) is 10.6 Å². The summed E-state index contributed by atoms with van der Waals surface area (Å²) in [5.41, 5.74) is 0. The van der Waals surface area contributed by atoms with Crippen molar-refractivity contribution in [3.63, 3.8) is 0 Å². The molecule has 0 aliphatic carbocycles. The van der Waals surface area contributed by atoms with Gasteiger partial charge in [0.15, 0.2) is 0 Å². The van der Waals surface area contributed by atoms with Crippen LogP contribution in [0.1, 0.15) is 6.42 Å². The Morgan fingerprint density at radius 1 is 1.25 bits per heavy atom. The van der Waals surface area contributed by atoms with E-state index in [9.17, 15) is 0 Å². The molecule has 2 rings (SSSR count). The van der Waals surface area contributed by atoms with Gasteiger partial charge in [-0.1, -0.05) is 0 Å². The van der Waals surface area contributed by atoms with Crippen molar-refractivity contribution >= 4 is 0 Å². The molecule has 0 spiro atoms. The summed E-state index contributed by atoms with van der Waals surface area (Å²) in [6.45, 7) is 3.69. The zero-order valence-electron chi connectivity index (χ0n) is 4.98. The van der Waals surface area contributed by atoms with Gasteiger partial charge in [0.2, 0.25) is 0 Å². The Hall–Kier alpha value is -0.0800. The van der Waals surface area contributed by atoms with Gasteiger partial charge in [-0.05, 0) is 25.4 Å². The van der Waals surface area contributed by atoms with Crippen molar-refractivity contribution in [2.45, 2.75) is 12.5 Å². The lowest BCUT2D eigenvalue weighted by atomic mass is 10.1. The fourth-order valence-electron chi connectivity index (χ4n) is 1.73. The molecular weight excluding hydrogens is 100 g/mol. The molecule has 0 aromatic rings. The first kappa shape index (κ1) is 4.77. The van der Waals surface area contributed by atoms with Gasteiger partial charge in [0.1, 0.15) is 0 Å². The van der Waals surface area contributed by atoms with Gasteiger partial charge in [0.05, 0.1) is 0 Å². The number of hydrogen-bond acceptors (Lipinski definition) is 2. The van der Waals surface area contributed by atoms with Crippen LogP contribution in [-0.2, 0) is 0 Å². The lowest BCUT2D eigenvalue weighted by Crippen LogP contribution is -2.27. The third-order valence-electron chi connectivity index (χ3n) is 2.26. The van der Waals surface area contributed by atoms with Crippen LogP contribution >= 0.6 is 0 Å². The number of hydrogen-bond donors (Lipinski definition) is 2. The largest absolute Gasteiger partial charge is 0.315 e. The molecule has 0 aromatic carbocycles. The Morgan fingerprint density at radius 3 is 3.12 bits per heavy atom. The van der Waals surface area contributed by atoms with Gasteiger partial charge in [-0.25, -0.2) is 0 Å². The summed E-state index contributed by atoms with van der Waals surface area (Å²) < 4.78 is 0. The third-order valence-corrected chi connectivity index (χ3v) is 2.26. The minimum atomic E-state index is 0.815. The Kier molecular flexibility index (Phi) is 1.02. The summed E-state index contributed by atoms with van der Waals surface area (Å²) >= 11 is 0. The first-order valence-electron chi connectivity index (χ1n) is 3.41. The van der Waals surface area contributed by atoms with Crippen molar-refractivity contribution in [1.29, 1.82) is 0 Å². The number of rotatable bonds is 0. The van der Waals surface area contributed by atoms with Crippen LogP contribution in [0, 0.1) is 5.92 Å². The summed E-state index contributed by atoms with van der Waals surface area (Å²) in [5.74, 6) is 0.954. The highest BCUT2D eigenvalue weighted by molar-refractivity contribution is 4.91. The Bertz CT molecular complexity index is 72.5. The Labute approximate surface area is 49.7 Å². The maximum atomic E-state index is 3.46. The fraction of sp³-hybridized carbons (Fsp3) is 1.00. The molecule has 2 aliphatic heterocycles. The quantitative estimate of drug-likeness (QED) is 0.444. The SMILES string of the molecule is C1C[C@H]2CNC[C@@H]2N1. The van der Waals surface area contributed by atoms with Crippen LogP contribution < -0.4 is 10.6 Å². The molecule has 2 heterocycles. The maximum absolute atomic E-state index is 3.46. The summed E-state index contributed by atoms with van der Waals surface area (Å²) in [4.78, 5) is 0. The van der Waals surface area contributed by atoms with Crippen LogP contribution in [0.3, 0.4) is 0 Å². The summed E-state index contributed by atoms with van der Waals surface area (Å²) in [6, 6.07) is 0.815. The van der Waals surface area contributed by atoms with Crippen LogP contribution in [0.2, 0.25) is 0 Å². The van der Waals surface area contributed by atoms with Crippen molar-refractivity contribution in [2.24, 2.45) is 5.92 Å². The minimum Gasteiger partial charge on any atom is -0.315 e. The monoisotopic (exact) mass is 112 g/mol. The standard InChI is InChI=1S/C6H12N2/c1-2-8-6-4-7-3-5(1)6/h5-8H,1-4H2/t5-,6-/m0/s1. The van der Waals surface area contributed by atoms with Crippen molar-refractivity contribution in [3.05, 3.63) is 0 Å². The van der Waals surface area contributed by atoms with E-state index in [0.29, 0.717) is 0 Å². The second kappa shape index (κ2) is 1.71. The molecule has 8 heavy (non-hydrogen) atoms. The molecule has 2 atom stereocenters. The fourth-order valence-corrected chi connectivity index (χ4v) is 1.73. The van der Waals surface area contributed by atoms with Gasteiger partial charge in [0, 0.05) is 12.6 Å². The lowest BCUT2D eigenvalue weighted by Gasteiger charge is -2.03. The second-order valence-corrected chi connectivity index (χ2v) is 2.77. The molecule has 0 amide bonds. The van der Waals surface area contributed by atoms with E-state index in [4.69, 9.17) is 0 Å². The highest BCUT2D eigenvalue weighted by Crippen LogP contribution is 2.17. The van der Waals surface area contributed by atoms with E-state index in [2.05, 4.69) is 10.6 Å². The molecule has 46 valence electrons. The predicted molar refractivity (Wildman–Crippen MR) is 32.8 cm³/mol. The third kappa shape index (κ3) is 0.565. The average Bonchev–Trinajstić information content (AvgIpc) is 2.15. The first-order valence-corrected chi connectivity index (χ1v) is 3.41.